The Morgan fingerprint density at radius 1 is 1.25 bits per heavy atom. The highest BCUT2D eigenvalue weighted by molar-refractivity contribution is 5.40. The topological polar surface area (TPSA) is 27.5 Å². The SMILES string of the molecule is [O-][NH+]1C=CCCc2ccccc21. The highest BCUT2D eigenvalue weighted by Gasteiger charge is 2.08. The molecular weight excluding hydrogens is 150 g/mol. The Kier molecular flexibility index (Phi) is 1.94. The lowest BCUT2D eigenvalue weighted by atomic mass is 10.1. The number of aryl methyl sites for hydroxylation is 1. The van der Waals surface area contributed by atoms with Crippen molar-refractivity contribution in [2.24, 2.45) is 0 Å². The number of quaternary nitrogens is 1. The lowest BCUT2D eigenvalue weighted by Crippen LogP contribution is -2.96. The van der Waals surface area contributed by atoms with E-state index in [0.717, 1.165) is 18.5 Å². The fourth-order valence-electron chi connectivity index (χ4n) is 1.50. The standard InChI is InChI=1S/C10H11NO/c12-11-8-4-3-6-9-5-1-2-7-10(9)11/h1-2,4-5,7-8,11H,3,6H2. The Morgan fingerprint density at radius 2 is 2.08 bits per heavy atom. The summed E-state index contributed by atoms with van der Waals surface area (Å²) in [7, 11) is 0. The van der Waals surface area contributed by atoms with Gasteiger partial charge >= 0.3 is 0 Å². The quantitative estimate of drug-likeness (QED) is 0.568. The molecule has 2 heteroatoms. The van der Waals surface area contributed by atoms with Crippen molar-refractivity contribution in [1.82, 2.24) is 0 Å². The molecule has 0 spiro atoms. The van der Waals surface area contributed by atoms with Gasteiger partial charge in [-0.3, -0.25) is 0 Å². The molecule has 2 nitrogen and oxygen atoms in total. The fraction of sp³-hybridized carbons (Fsp3) is 0.200. The largest absolute Gasteiger partial charge is 0.624 e. The first-order chi connectivity index (χ1) is 5.88. The van der Waals surface area contributed by atoms with E-state index in [1.54, 1.807) is 6.20 Å². The predicted molar refractivity (Wildman–Crippen MR) is 47.9 cm³/mol. The van der Waals surface area contributed by atoms with E-state index in [0.29, 0.717) is 0 Å². The maximum atomic E-state index is 11.4. The minimum absolute atomic E-state index is 0.142. The zero-order valence-electron chi connectivity index (χ0n) is 6.79. The van der Waals surface area contributed by atoms with Gasteiger partial charge in [0.15, 0.2) is 0 Å². The molecule has 1 aromatic carbocycles. The van der Waals surface area contributed by atoms with Gasteiger partial charge in [-0.15, -0.1) is 0 Å². The van der Waals surface area contributed by atoms with Crippen molar-refractivity contribution in [1.29, 1.82) is 0 Å². The van der Waals surface area contributed by atoms with Crippen molar-refractivity contribution < 1.29 is 5.06 Å². The Bertz CT molecular complexity index is 306. The summed E-state index contributed by atoms with van der Waals surface area (Å²) >= 11 is 0. The number of hydrogen-bond donors (Lipinski definition) is 1. The molecule has 0 fully saturated rings. The molecule has 1 aliphatic heterocycles. The summed E-state index contributed by atoms with van der Waals surface area (Å²) in [5.74, 6) is 0. The van der Waals surface area contributed by atoms with Crippen molar-refractivity contribution >= 4 is 5.69 Å². The average Bonchev–Trinajstić information content (AvgIpc) is 2.29. The van der Waals surface area contributed by atoms with E-state index in [4.69, 9.17) is 0 Å². The molecule has 62 valence electrons. The van der Waals surface area contributed by atoms with E-state index < -0.39 is 0 Å². The van der Waals surface area contributed by atoms with E-state index in [1.165, 1.54) is 5.56 Å². The molecule has 0 amide bonds. The number of rotatable bonds is 0. The molecule has 1 atom stereocenters. The van der Waals surface area contributed by atoms with Crippen LogP contribution in [-0.4, -0.2) is 0 Å². The Morgan fingerprint density at radius 3 is 3.00 bits per heavy atom. The molecule has 1 aromatic rings. The fourth-order valence-corrected chi connectivity index (χ4v) is 1.50. The van der Waals surface area contributed by atoms with Crippen LogP contribution in [0, 0.1) is 5.21 Å². The van der Waals surface area contributed by atoms with E-state index in [9.17, 15) is 5.21 Å². The molecule has 0 aromatic heterocycles. The van der Waals surface area contributed by atoms with Gasteiger partial charge in [0.2, 0.25) is 0 Å². The number of para-hydroxylation sites is 1. The summed E-state index contributed by atoms with van der Waals surface area (Å²) in [6.07, 6.45) is 5.58. The van der Waals surface area contributed by atoms with Crippen LogP contribution in [0.4, 0.5) is 5.69 Å². The summed E-state index contributed by atoms with van der Waals surface area (Å²) in [6, 6.07) is 7.82. The maximum absolute atomic E-state index is 11.4. The summed E-state index contributed by atoms with van der Waals surface area (Å²) in [4.78, 5) is 0. The average molecular weight is 161 g/mol. The molecule has 1 unspecified atom stereocenters. The van der Waals surface area contributed by atoms with Crippen molar-refractivity contribution in [3.8, 4) is 0 Å². The first kappa shape index (κ1) is 7.53. The minimum Gasteiger partial charge on any atom is -0.624 e. The third-order valence-corrected chi connectivity index (χ3v) is 2.13. The number of allylic oxidation sites excluding steroid dienone is 1. The molecule has 0 saturated carbocycles. The van der Waals surface area contributed by atoms with Crippen LogP contribution in [0.25, 0.3) is 0 Å². The van der Waals surface area contributed by atoms with Gasteiger partial charge in [-0.05, 0) is 18.9 Å². The minimum atomic E-state index is 0.142. The summed E-state index contributed by atoms with van der Waals surface area (Å²) in [5, 5.41) is 11.6. The zero-order valence-corrected chi connectivity index (χ0v) is 6.79. The summed E-state index contributed by atoms with van der Waals surface area (Å²) in [5.41, 5.74) is 2.04. The molecule has 1 aliphatic rings. The second kappa shape index (κ2) is 3.09. The van der Waals surface area contributed by atoms with Gasteiger partial charge < -0.3 is 10.3 Å². The van der Waals surface area contributed by atoms with Crippen molar-refractivity contribution in [3.63, 3.8) is 0 Å². The van der Waals surface area contributed by atoms with Crippen LogP contribution in [0.3, 0.4) is 0 Å². The van der Waals surface area contributed by atoms with Crippen LogP contribution < -0.4 is 5.06 Å². The van der Waals surface area contributed by atoms with Gasteiger partial charge in [0.25, 0.3) is 0 Å². The molecule has 1 N–H and O–H groups in total. The van der Waals surface area contributed by atoms with E-state index >= 15 is 0 Å². The van der Waals surface area contributed by atoms with Crippen molar-refractivity contribution in [3.05, 3.63) is 47.3 Å². The van der Waals surface area contributed by atoms with Gasteiger partial charge in [-0.2, -0.15) is 0 Å². The Balaban J connectivity index is 2.46. The van der Waals surface area contributed by atoms with Gasteiger partial charge in [0.05, 0.1) is 6.20 Å². The monoisotopic (exact) mass is 161 g/mol. The van der Waals surface area contributed by atoms with Crippen LogP contribution >= 0.6 is 0 Å². The third-order valence-electron chi connectivity index (χ3n) is 2.13. The second-order valence-electron chi connectivity index (χ2n) is 2.96. The number of hydroxylamine groups is 1. The van der Waals surface area contributed by atoms with E-state index in [1.807, 2.05) is 30.3 Å². The molecule has 12 heavy (non-hydrogen) atoms. The first-order valence-corrected chi connectivity index (χ1v) is 4.17. The molecule has 0 radical (unpaired) electrons. The number of fused-ring (bicyclic) bond motifs is 1. The molecule has 0 saturated heterocycles. The Hall–Kier alpha value is -1.12. The lowest BCUT2D eigenvalue weighted by Gasteiger charge is -2.17. The van der Waals surface area contributed by atoms with Gasteiger partial charge in [-0.25, -0.2) is 0 Å². The molecule has 1 heterocycles. The highest BCUT2D eigenvalue weighted by atomic mass is 16.5. The molecule has 0 bridgehead atoms. The van der Waals surface area contributed by atoms with E-state index in [2.05, 4.69) is 0 Å². The highest BCUT2D eigenvalue weighted by Crippen LogP contribution is 2.14. The van der Waals surface area contributed by atoms with Crippen LogP contribution in [0.2, 0.25) is 0 Å². The molecule has 2 rings (SSSR count). The van der Waals surface area contributed by atoms with Gasteiger partial charge in [0, 0.05) is 11.6 Å². The number of benzene rings is 1. The first-order valence-electron chi connectivity index (χ1n) is 4.17. The number of hydrogen-bond acceptors (Lipinski definition) is 1. The maximum Gasteiger partial charge on any atom is 0.139 e. The molecular formula is C10H11NO. The Labute approximate surface area is 71.7 Å². The predicted octanol–water partition coefficient (Wildman–Crippen LogP) is 1.16. The number of nitrogens with one attached hydrogen (secondary N) is 1. The lowest BCUT2D eigenvalue weighted by molar-refractivity contribution is -0.714. The van der Waals surface area contributed by atoms with Crippen LogP contribution in [0.5, 0.6) is 0 Å². The molecule has 0 aliphatic carbocycles. The van der Waals surface area contributed by atoms with Gasteiger partial charge in [0.1, 0.15) is 5.69 Å². The second-order valence-corrected chi connectivity index (χ2v) is 2.96. The smallest absolute Gasteiger partial charge is 0.139 e. The van der Waals surface area contributed by atoms with Crippen LogP contribution in [-0.2, 0) is 6.42 Å². The van der Waals surface area contributed by atoms with Crippen LogP contribution in [0.1, 0.15) is 12.0 Å². The van der Waals surface area contributed by atoms with Gasteiger partial charge in [-0.1, -0.05) is 18.2 Å². The van der Waals surface area contributed by atoms with E-state index in [-0.39, 0.29) is 5.06 Å². The zero-order chi connectivity index (χ0) is 8.39. The summed E-state index contributed by atoms with van der Waals surface area (Å²) in [6.45, 7) is 0. The normalized spacial score (nSPS) is 21.6. The van der Waals surface area contributed by atoms with Crippen LogP contribution in [0.15, 0.2) is 36.5 Å². The third kappa shape index (κ3) is 1.26. The van der Waals surface area contributed by atoms with Crippen molar-refractivity contribution in [2.45, 2.75) is 12.8 Å². The van der Waals surface area contributed by atoms with Crippen molar-refractivity contribution in [2.75, 3.05) is 0 Å². The summed E-state index contributed by atoms with van der Waals surface area (Å²) < 4.78 is 0.